The van der Waals surface area contributed by atoms with Crippen molar-refractivity contribution in [1.82, 2.24) is 19.7 Å². The van der Waals surface area contributed by atoms with E-state index in [1.165, 1.54) is 35.3 Å². The molecule has 2 aromatic carbocycles. The summed E-state index contributed by atoms with van der Waals surface area (Å²) in [4.78, 5) is 41.5. The van der Waals surface area contributed by atoms with E-state index >= 15 is 0 Å². The van der Waals surface area contributed by atoms with Gasteiger partial charge in [-0.3, -0.25) is 24.0 Å². The molecular formula is C28H27F2N5O6S. The monoisotopic (exact) mass is 599 g/mol. The quantitative estimate of drug-likeness (QED) is 0.267. The Morgan fingerprint density at radius 2 is 1.62 bits per heavy atom. The molecular weight excluding hydrogens is 572 g/mol. The number of nitrogens with one attached hydrogen (secondary N) is 2. The van der Waals surface area contributed by atoms with Crippen molar-refractivity contribution in [2.45, 2.75) is 37.3 Å². The molecule has 0 spiro atoms. The maximum Gasteiger partial charge on any atom is 0.329 e. The summed E-state index contributed by atoms with van der Waals surface area (Å²) in [5.74, 6) is -4.78. The highest BCUT2D eigenvalue weighted by atomic mass is 32.2. The van der Waals surface area contributed by atoms with E-state index in [0.717, 1.165) is 0 Å². The zero-order valence-corrected chi connectivity index (χ0v) is 23.6. The van der Waals surface area contributed by atoms with Gasteiger partial charge in [-0.15, -0.1) is 0 Å². The first-order valence-electron chi connectivity index (χ1n) is 12.6. The molecule has 1 atom stereocenters. The number of benzene rings is 2. The van der Waals surface area contributed by atoms with Crippen LogP contribution in [0.2, 0.25) is 0 Å². The van der Waals surface area contributed by atoms with E-state index in [0.29, 0.717) is 23.4 Å². The van der Waals surface area contributed by atoms with E-state index in [1.807, 2.05) is 0 Å². The largest absolute Gasteiger partial charge is 0.461 e. The second kappa shape index (κ2) is 12.3. The Kier molecular flexibility index (Phi) is 8.85. The Labute approximate surface area is 239 Å². The second-order valence-corrected chi connectivity index (χ2v) is 11.2. The lowest BCUT2D eigenvalue weighted by Crippen LogP contribution is -2.44. The maximum atomic E-state index is 15.0. The molecule has 2 heterocycles. The summed E-state index contributed by atoms with van der Waals surface area (Å²) in [5, 5.41) is 2.32. The van der Waals surface area contributed by atoms with E-state index < -0.39 is 56.9 Å². The molecule has 0 saturated carbocycles. The number of anilines is 1. The number of aromatic nitrogens is 3. The van der Waals surface area contributed by atoms with Crippen molar-refractivity contribution < 1.29 is 31.5 Å². The number of carbonyl (C=O) groups is 2. The van der Waals surface area contributed by atoms with Gasteiger partial charge < -0.3 is 10.1 Å². The fraction of sp³-hybridized carbons (Fsp3) is 0.214. The van der Waals surface area contributed by atoms with E-state index in [-0.39, 0.29) is 16.9 Å². The van der Waals surface area contributed by atoms with Crippen LogP contribution in [-0.2, 0) is 33.0 Å². The minimum absolute atomic E-state index is 0.0906. The Balaban J connectivity index is 1.55. The van der Waals surface area contributed by atoms with Crippen LogP contribution in [0, 0.1) is 11.6 Å². The molecule has 0 unspecified atom stereocenters. The smallest absolute Gasteiger partial charge is 0.329 e. The van der Waals surface area contributed by atoms with Crippen molar-refractivity contribution in [3.8, 4) is 5.69 Å². The highest BCUT2D eigenvalue weighted by molar-refractivity contribution is 7.92. The Hall–Kier alpha value is -4.85. The third-order valence-corrected chi connectivity index (χ3v) is 7.40. The van der Waals surface area contributed by atoms with E-state index in [2.05, 4.69) is 15.0 Å². The van der Waals surface area contributed by atoms with Gasteiger partial charge in [0.1, 0.15) is 23.2 Å². The van der Waals surface area contributed by atoms with Gasteiger partial charge in [0, 0.05) is 38.1 Å². The van der Waals surface area contributed by atoms with Crippen LogP contribution in [-0.4, -0.2) is 46.8 Å². The van der Waals surface area contributed by atoms with Crippen LogP contribution >= 0.6 is 0 Å². The molecule has 11 nitrogen and oxygen atoms in total. The predicted molar refractivity (Wildman–Crippen MR) is 149 cm³/mol. The molecule has 4 aromatic rings. The second-order valence-electron chi connectivity index (χ2n) is 9.53. The van der Waals surface area contributed by atoms with E-state index in [1.54, 1.807) is 56.0 Å². The first kappa shape index (κ1) is 30.1. The molecule has 42 heavy (non-hydrogen) atoms. The van der Waals surface area contributed by atoms with Gasteiger partial charge in [0.2, 0.25) is 0 Å². The van der Waals surface area contributed by atoms with E-state index in [9.17, 15) is 31.6 Å². The SMILES string of the molecule is CC(C)OC(=O)[C@H](Cc1ccc(-n2c(=O)ccn2C)cc1)NC(=O)c1c(F)cc(NS(=O)(=O)c2ccncc2)cc1F. The molecule has 14 heteroatoms. The number of aryl methyl sites for hydroxylation is 1. The number of rotatable bonds is 10. The number of sulfonamides is 1. The molecule has 1 amide bonds. The summed E-state index contributed by atoms with van der Waals surface area (Å²) >= 11 is 0. The molecule has 0 aliphatic rings. The molecule has 0 fully saturated rings. The zero-order valence-electron chi connectivity index (χ0n) is 22.7. The average molecular weight is 600 g/mol. The molecule has 0 aliphatic carbocycles. The van der Waals surface area contributed by atoms with Gasteiger partial charge in [0.15, 0.2) is 0 Å². The van der Waals surface area contributed by atoms with Gasteiger partial charge in [0.05, 0.1) is 22.4 Å². The standard InChI is InChI=1S/C28H27F2N5O6S/c1-17(2)41-28(38)24(14-18-4-6-20(7-5-18)35-25(36)10-13-34(35)3)32-27(37)26-22(29)15-19(16-23(26)30)33-42(39,40)21-8-11-31-12-9-21/h4-13,15-17,24,33H,14H2,1-3H3,(H,32,37)/t24-/m0/s1. The van der Waals surface area contributed by atoms with Gasteiger partial charge in [0.25, 0.3) is 21.5 Å². The molecule has 0 aliphatic heterocycles. The van der Waals surface area contributed by atoms with Crippen LogP contribution in [0.4, 0.5) is 14.5 Å². The van der Waals surface area contributed by atoms with Gasteiger partial charge in [-0.1, -0.05) is 12.1 Å². The summed E-state index contributed by atoms with van der Waals surface area (Å²) in [6.07, 6.45) is 3.45. The van der Waals surface area contributed by atoms with Crippen molar-refractivity contribution in [2.75, 3.05) is 4.72 Å². The maximum absolute atomic E-state index is 15.0. The van der Waals surface area contributed by atoms with Crippen molar-refractivity contribution in [2.24, 2.45) is 7.05 Å². The minimum Gasteiger partial charge on any atom is -0.461 e. The van der Waals surface area contributed by atoms with Crippen LogP contribution in [0.3, 0.4) is 0 Å². The summed E-state index contributed by atoms with van der Waals surface area (Å²) in [5.41, 5.74) is -0.579. The lowest BCUT2D eigenvalue weighted by atomic mass is 10.0. The fourth-order valence-electron chi connectivity index (χ4n) is 4.10. The summed E-state index contributed by atoms with van der Waals surface area (Å²) < 4.78 is 65.3. The number of nitrogens with zero attached hydrogens (tertiary/aromatic N) is 3. The third-order valence-electron chi connectivity index (χ3n) is 6.00. The molecule has 2 N–H and O–H groups in total. The first-order valence-corrected chi connectivity index (χ1v) is 14.1. The van der Waals surface area contributed by atoms with Crippen LogP contribution < -0.4 is 15.6 Å². The number of esters is 1. The molecule has 0 saturated heterocycles. The molecule has 4 rings (SSSR count). The van der Waals surface area contributed by atoms with E-state index in [4.69, 9.17) is 4.74 Å². The van der Waals surface area contributed by atoms with Crippen molar-refractivity contribution in [3.63, 3.8) is 0 Å². The number of hydrogen-bond acceptors (Lipinski definition) is 7. The van der Waals surface area contributed by atoms with Gasteiger partial charge >= 0.3 is 5.97 Å². The Morgan fingerprint density at radius 3 is 2.17 bits per heavy atom. The molecule has 220 valence electrons. The minimum atomic E-state index is -4.18. The van der Waals surface area contributed by atoms with Crippen LogP contribution in [0.15, 0.2) is 82.9 Å². The number of halogens is 2. The van der Waals surface area contributed by atoms with Crippen LogP contribution in [0.25, 0.3) is 5.69 Å². The molecule has 2 aromatic heterocycles. The fourth-order valence-corrected chi connectivity index (χ4v) is 5.13. The van der Waals surface area contributed by atoms with Crippen molar-refractivity contribution >= 4 is 27.6 Å². The Bertz CT molecular complexity index is 1750. The van der Waals surface area contributed by atoms with Gasteiger partial charge in [-0.2, -0.15) is 0 Å². The van der Waals surface area contributed by atoms with Crippen LogP contribution in [0.1, 0.15) is 29.8 Å². The molecule has 0 bridgehead atoms. The lowest BCUT2D eigenvalue weighted by molar-refractivity contribution is -0.149. The topological polar surface area (TPSA) is 141 Å². The van der Waals surface area contributed by atoms with Gasteiger partial charge in [-0.05, 0) is 55.8 Å². The number of carbonyl (C=O) groups excluding carboxylic acids is 2. The summed E-state index contributed by atoms with van der Waals surface area (Å²) in [7, 11) is -2.49. The average Bonchev–Trinajstić information content (AvgIpc) is 3.25. The van der Waals surface area contributed by atoms with Crippen molar-refractivity contribution in [1.29, 1.82) is 0 Å². The highest BCUT2D eigenvalue weighted by Crippen LogP contribution is 2.22. The lowest BCUT2D eigenvalue weighted by Gasteiger charge is -2.20. The first-order chi connectivity index (χ1) is 19.9. The predicted octanol–water partition coefficient (Wildman–Crippen LogP) is 2.94. The number of pyridine rings is 1. The molecule has 0 radical (unpaired) electrons. The third kappa shape index (κ3) is 6.89. The number of ether oxygens (including phenoxy) is 1. The zero-order chi connectivity index (χ0) is 30.6. The highest BCUT2D eigenvalue weighted by Gasteiger charge is 2.28. The van der Waals surface area contributed by atoms with Crippen LogP contribution in [0.5, 0.6) is 0 Å². The number of hydrogen-bond donors (Lipinski definition) is 2. The van der Waals surface area contributed by atoms with Gasteiger partial charge in [-0.25, -0.2) is 26.7 Å². The van der Waals surface area contributed by atoms with Crippen molar-refractivity contribution in [3.05, 3.63) is 106 Å². The summed E-state index contributed by atoms with van der Waals surface area (Å²) in [6.45, 7) is 3.21. The normalized spacial score (nSPS) is 12.1. The number of amides is 1. The summed E-state index contributed by atoms with van der Waals surface area (Å²) in [6, 6.07) is 10.4. The Morgan fingerprint density at radius 1 is 1.00 bits per heavy atom.